The van der Waals surface area contributed by atoms with E-state index in [1.807, 2.05) is 14.0 Å². The van der Waals surface area contributed by atoms with Gasteiger partial charge < -0.3 is 15.2 Å². The zero-order chi connectivity index (χ0) is 20.6. The van der Waals surface area contributed by atoms with Crippen LogP contribution in [0.5, 0.6) is 0 Å². The molecule has 0 aromatic rings. The number of methoxy groups -OCH3 is 1. The van der Waals surface area contributed by atoms with Gasteiger partial charge in [-0.25, -0.2) is 0 Å². The third-order valence-corrected chi connectivity index (χ3v) is 7.45. The molecule has 168 valence electrons. The van der Waals surface area contributed by atoms with Gasteiger partial charge in [-0.1, -0.05) is 6.92 Å². The molecule has 3 fully saturated rings. The molecule has 3 aliphatic rings. The molecule has 1 aliphatic heterocycles. The van der Waals surface area contributed by atoms with Gasteiger partial charge in [0.25, 0.3) is 0 Å². The molecular formula is C22H42N4O3. The van der Waals surface area contributed by atoms with E-state index in [4.69, 9.17) is 4.74 Å². The lowest BCUT2D eigenvalue weighted by Crippen LogP contribution is -2.63. The normalized spacial score (nSPS) is 37.1. The van der Waals surface area contributed by atoms with E-state index in [0.29, 0.717) is 18.1 Å². The van der Waals surface area contributed by atoms with Crippen LogP contribution in [0.25, 0.3) is 0 Å². The molecule has 3 rings (SSSR count). The van der Waals surface area contributed by atoms with Crippen LogP contribution >= 0.6 is 0 Å². The van der Waals surface area contributed by atoms with Crippen molar-refractivity contribution in [3.8, 4) is 0 Å². The highest BCUT2D eigenvalue weighted by molar-refractivity contribution is 5.79. The van der Waals surface area contributed by atoms with Crippen LogP contribution in [0.3, 0.4) is 0 Å². The summed E-state index contributed by atoms with van der Waals surface area (Å²) in [6, 6.07) is 0.351. The third kappa shape index (κ3) is 6.62. The molecule has 0 radical (unpaired) electrons. The second-order valence-electron chi connectivity index (χ2n) is 9.29. The zero-order valence-electron chi connectivity index (χ0n) is 18.3. The van der Waals surface area contributed by atoms with Crippen LogP contribution in [0.1, 0.15) is 64.7 Å². The molecule has 2 aliphatic carbocycles. The maximum atomic E-state index is 12.4. The van der Waals surface area contributed by atoms with Gasteiger partial charge in [-0.2, -0.15) is 0 Å². The number of hydrogen-bond donors (Lipinski definition) is 5. The first-order valence-corrected chi connectivity index (χ1v) is 11.8. The molecule has 0 bridgehead atoms. The molecule has 7 heteroatoms. The van der Waals surface area contributed by atoms with Gasteiger partial charge in [-0.15, -0.1) is 0 Å². The molecule has 1 atom stereocenters. The van der Waals surface area contributed by atoms with Crippen LogP contribution in [0.15, 0.2) is 0 Å². The summed E-state index contributed by atoms with van der Waals surface area (Å²) in [5, 5.41) is 23.3. The Morgan fingerprint density at radius 1 is 1.03 bits per heavy atom. The minimum absolute atomic E-state index is 0.0208. The second kappa shape index (κ2) is 11.6. The SMILES string of the molecule is CC[C@H](CO)NC(=O)C1CCC(NC2NCC(C3CCC(OC)CC3)CN2)CC1. The van der Waals surface area contributed by atoms with E-state index >= 15 is 0 Å². The molecular weight excluding hydrogens is 368 g/mol. The van der Waals surface area contributed by atoms with Crippen molar-refractivity contribution in [1.29, 1.82) is 0 Å². The van der Waals surface area contributed by atoms with Crippen molar-refractivity contribution >= 4 is 5.91 Å². The summed E-state index contributed by atoms with van der Waals surface area (Å²) >= 11 is 0. The Bertz CT molecular complexity index is 478. The van der Waals surface area contributed by atoms with Gasteiger partial charge in [0.05, 0.1) is 18.8 Å². The van der Waals surface area contributed by atoms with Gasteiger partial charge in [0.1, 0.15) is 6.29 Å². The summed E-state index contributed by atoms with van der Waals surface area (Å²) < 4.78 is 5.50. The predicted molar refractivity (Wildman–Crippen MR) is 114 cm³/mol. The fourth-order valence-electron chi connectivity index (χ4n) is 5.28. The van der Waals surface area contributed by atoms with Crippen molar-refractivity contribution in [2.24, 2.45) is 17.8 Å². The molecule has 1 saturated heterocycles. The number of rotatable bonds is 8. The smallest absolute Gasteiger partial charge is 0.223 e. The number of amides is 1. The van der Waals surface area contributed by atoms with Crippen molar-refractivity contribution in [3.05, 3.63) is 0 Å². The lowest BCUT2D eigenvalue weighted by atomic mass is 9.78. The van der Waals surface area contributed by atoms with Crippen LogP contribution in [-0.2, 0) is 9.53 Å². The molecule has 0 aromatic heterocycles. The average Bonchev–Trinajstić information content (AvgIpc) is 2.78. The average molecular weight is 411 g/mol. The van der Waals surface area contributed by atoms with Crippen molar-refractivity contribution in [2.45, 2.75) is 89.2 Å². The van der Waals surface area contributed by atoms with E-state index in [0.717, 1.165) is 51.1 Å². The van der Waals surface area contributed by atoms with E-state index in [1.165, 1.54) is 25.7 Å². The first kappa shape index (κ1) is 22.9. The summed E-state index contributed by atoms with van der Waals surface area (Å²) in [5.41, 5.74) is 0. The molecule has 0 unspecified atom stereocenters. The summed E-state index contributed by atoms with van der Waals surface area (Å²) in [6.07, 6.45) is 10.3. The van der Waals surface area contributed by atoms with Gasteiger partial charge >= 0.3 is 0 Å². The number of nitrogens with one attached hydrogen (secondary N) is 4. The Hall–Kier alpha value is -0.730. The van der Waals surface area contributed by atoms with Gasteiger partial charge in [0.15, 0.2) is 0 Å². The second-order valence-corrected chi connectivity index (χ2v) is 9.29. The third-order valence-electron chi connectivity index (χ3n) is 7.45. The fourth-order valence-corrected chi connectivity index (χ4v) is 5.28. The Morgan fingerprint density at radius 3 is 2.24 bits per heavy atom. The molecule has 7 nitrogen and oxygen atoms in total. The van der Waals surface area contributed by atoms with Crippen LogP contribution in [0, 0.1) is 17.8 Å². The summed E-state index contributed by atoms with van der Waals surface area (Å²) in [4.78, 5) is 12.4. The van der Waals surface area contributed by atoms with Crippen molar-refractivity contribution in [1.82, 2.24) is 21.3 Å². The Kier molecular flexibility index (Phi) is 9.18. The minimum Gasteiger partial charge on any atom is -0.394 e. The number of aliphatic hydroxyl groups excluding tert-OH is 1. The maximum Gasteiger partial charge on any atom is 0.223 e. The first-order chi connectivity index (χ1) is 14.1. The van der Waals surface area contributed by atoms with Crippen molar-refractivity contribution < 1.29 is 14.6 Å². The van der Waals surface area contributed by atoms with Crippen LogP contribution in [0.2, 0.25) is 0 Å². The van der Waals surface area contributed by atoms with E-state index in [2.05, 4.69) is 21.3 Å². The van der Waals surface area contributed by atoms with Crippen LogP contribution < -0.4 is 21.3 Å². The Balaban J connectivity index is 1.32. The summed E-state index contributed by atoms with van der Waals surface area (Å²) in [5.74, 6) is 1.72. The number of aliphatic hydroxyl groups is 1. The van der Waals surface area contributed by atoms with E-state index in [1.54, 1.807) is 0 Å². The van der Waals surface area contributed by atoms with Crippen molar-refractivity contribution in [2.75, 3.05) is 26.8 Å². The Labute approximate surface area is 176 Å². The first-order valence-electron chi connectivity index (χ1n) is 11.8. The molecule has 0 aromatic carbocycles. The molecule has 29 heavy (non-hydrogen) atoms. The zero-order valence-corrected chi connectivity index (χ0v) is 18.3. The Morgan fingerprint density at radius 2 is 1.69 bits per heavy atom. The van der Waals surface area contributed by atoms with E-state index < -0.39 is 0 Å². The van der Waals surface area contributed by atoms with E-state index in [-0.39, 0.29) is 30.8 Å². The van der Waals surface area contributed by atoms with Gasteiger partial charge in [-0.05, 0) is 69.6 Å². The lowest BCUT2D eigenvalue weighted by Gasteiger charge is -2.40. The standard InChI is InChI=1S/C22H42N4O3/c1-3-18(14-27)25-21(28)16-4-8-19(9-5-16)26-22-23-12-17(13-24-22)15-6-10-20(29-2)11-7-15/h15-20,22-24,26-27H,3-14H2,1-2H3,(H,25,28)/t15?,16?,17?,18-,19?,20?,22?/m1/s1. The molecule has 5 N–H and O–H groups in total. The molecule has 0 spiro atoms. The molecule has 2 saturated carbocycles. The quantitative estimate of drug-likeness (QED) is 0.414. The van der Waals surface area contributed by atoms with Crippen LogP contribution in [-0.4, -0.2) is 62.3 Å². The number of hydrogen-bond acceptors (Lipinski definition) is 6. The van der Waals surface area contributed by atoms with Crippen molar-refractivity contribution in [3.63, 3.8) is 0 Å². The fraction of sp³-hybridized carbons (Fsp3) is 0.955. The predicted octanol–water partition coefficient (Wildman–Crippen LogP) is 1.32. The lowest BCUT2D eigenvalue weighted by molar-refractivity contribution is -0.127. The number of carbonyl (C=O) groups excluding carboxylic acids is 1. The van der Waals surface area contributed by atoms with Gasteiger partial charge in [0.2, 0.25) is 5.91 Å². The van der Waals surface area contributed by atoms with Gasteiger partial charge in [0, 0.05) is 32.2 Å². The summed E-state index contributed by atoms with van der Waals surface area (Å²) in [7, 11) is 1.84. The highest BCUT2D eigenvalue weighted by Gasteiger charge is 2.32. The number of ether oxygens (including phenoxy) is 1. The highest BCUT2D eigenvalue weighted by Crippen LogP contribution is 2.32. The van der Waals surface area contributed by atoms with E-state index in [9.17, 15) is 9.90 Å². The molecule has 1 amide bonds. The largest absolute Gasteiger partial charge is 0.394 e. The number of carbonyl (C=O) groups is 1. The topological polar surface area (TPSA) is 94.7 Å². The monoisotopic (exact) mass is 410 g/mol. The summed E-state index contributed by atoms with van der Waals surface area (Å²) in [6.45, 7) is 4.16. The molecule has 1 heterocycles. The maximum absolute atomic E-state index is 12.4. The highest BCUT2D eigenvalue weighted by atomic mass is 16.5. The van der Waals surface area contributed by atoms with Crippen LogP contribution in [0.4, 0.5) is 0 Å². The minimum atomic E-state index is -0.105. The van der Waals surface area contributed by atoms with Gasteiger partial charge in [-0.3, -0.25) is 20.7 Å².